The maximum Gasteiger partial charge on any atom is 0.319 e. The average molecular weight is 327 g/mol. The largest absolute Gasteiger partial charge is 0.389 e. The van der Waals surface area contributed by atoms with Crippen molar-refractivity contribution >= 4 is 33.1 Å². The van der Waals surface area contributed by atoms with Crippen LogP contribution in [0.1, 0.15) is 5.56 Å². The van der Waals surface area contributed by atoms with Gasteiger partial charge >= 0.3 is 6.03 Å². The zero-order valence-electron chi connectivity index (χ0n) is 11.7. The summed E-state index contributed by atoms with van der Waals surface area (Å²) in [6.07, 6.45) is 0. The summed E-state index contributed by atoms with van der Waals surface area (Å²) in [6.45, 7) is 1.38. The van der Waals surface area contributed by atoms with E-state index in [1.165, 1.54) is 12.1 Å². The Kier molecular flexibility index (Phi) is 4.48. The number of rotatable bonds is 5. The van der Waals surface area contributed by atoms with Crippen LogP contribution in [0, 0.1) is 0 Å². The fourth-order valence-corrected chi connectivity index (χ4v) is 3.47. The van der Waals surface area contributed by atoms with Gasteiger partial charge in [-0.05, 0) is 12.1 Å². The maximum absolute atomic E-state index is 12.2. The number of amides is 2. The first kappa shape index (κ1) is 15.7. The molecule has 0 aliphatic carbocycles. The lowest BCUT2D eigenvalue weighted by atomic mass is 10.2. The van der Waals surface area contributed by atoms with Crippen molar-refractivity contribution in [2.45, 2.75) is 4.90 Å². The third-order valence-corrected chi connectivity index (χ3v) is 5.38. The molecule has 2 N–H and O–H groups in total. The van der Waals surface area contributed by atoms with E-state index in [0.717, 1.165) is 0 Å². The molecule has 114 valence electrons. The second-order valence-corrected chi connectivity index (χ2v) is 7.45. The van der Waals surface area contributed by atoms with E-state index < -0.39 is 9.84 Å². The Bertz CT molecular complexity index is 656. The van der Waals surface area contributed by atoms with Gasteiger partial charge in [-0.2, -0.15) is 0 Å². The van der Waals surface area contributed by atoms with Crippen molar-refractivity contribution in [2.75, 3.05) is 32.4 Å². The molecule has 0 bridgehead atoms. The van der Waals surface area contributed by atoms with Crippen LogP contribution in [0.15, 0.2) is 29.2 Å². The molecular formula is C13H17N3O3S2. The van der Waals surface area contributed by atoms with E-state index in [-0.39, 0.29) is 28.2 Å². The zero-order chi connectivity index (χ0) is 15.6. The second-order valence-electron chi connectivity index (χ2n) is 4.90. The van der Waals surface area contributed by atoms with Crippen LogP contribution in [-0.4, -0.2) is 61.7 Å². The molecule has 1 aromatic carbocycles. The van der Waals surface area contributed by atoms with Gasteiger partial charge in [0.2, 0.25) is 0 Å². The quantitative estimate of drug-likeness (QED) is 0.795. The first-order valence-electron chi connectivity index (χ1n) is 6.44. The number of likely N-dealkylation sites (N-methyl/N-ethyl adjacent to an activating group) is 1. The number of sulfone groups is 1. The fourth-order valence-electron chi connectivity index (χ4n) is 2.09. The molecule has 0 unspecified atom stereocenters. The van der Waals surface area contributed by atoms with Gasteiger partial charge in [0, 0.05) is 32.2 Å². The normalized spacial score (nSPS) is 15.6. The van der Waals surface area contributed by atoms with Gasteiger partial charge in [0.05, 0.1) is 10.6 Å². The fraction of sp³-hybridized carbons (Fsp3) is 0.385. The maximum atomic E-state index is 12.2. The number of thiocarbonyl (C=S) groups is 1. The SMILES string of the molecule is CN1CCN(CCS(=O)(=O)c2ccc(C(N)=S)cc2)C1=O. The lowest BCUT2D eigenvalue weighted by molar-refractivity contribution is 0.200. The number of benzene rings is 1. The van der Waals surface area contributed by atoms with Crippen LogP contribution in [0.5, 0.6) is 0 Å². The lowest BCUT2D eigenvalue weighted by Gasteiger charge is -2.15. The summed E-state index contributed by atoms with van der Waals surface area (Å²) in [7, 11) is -1.73. The van der Waals surface area contributed by atoms with Crippen molar-refractivity contribution in [3.05, 3.63) is 29.8 Å². The Morgan fingerprint density at radius 1 is 1.29 bits per heavy atom. The highest BCUT2D eigenvalue weighted by Gasteiger charge is 2.26. The summed E-state index contributed by atoms with van der Waals surface area (Å²) >= 11 is 4.83. The number of carbonyl (C=O) groups excluding carboxylic acids is 1. The summed E-state index contributed by atoms with van der Waals surface area (Å²) in [5, 5.41) is 0. The Balaban J connectivity index is 2.05. The van der Waals surface area contributed by atoms with E-state index in [1.807, 2.05) is 0 Å². The van der Waals surface area contributed by atoms with Crippen molar-refractivity contribution in [3.8, 4) is 0 Å². The highest BCUT2D eigenvalue weighted by atomic mass is 32.2. The first-order valence-corrected chi connectivity index (χ1v) is 8.50. The van der Waals surface area contributed by atoms with E-state index in [0.29, 0.717) is 18.7 Å². The predicted molar refractivity (Wildman–Crippen MR) is 84.0 cm³/mol. The van der Waals surface area contributed by atoms with Gasteiger partial charge in [-0.15, -0.1) is 0 Å². The van der Waals surface area contributed by atoms with E-state index in [2.05, 4.69) is 0 Å². The van der Waals surface area contributed by atoms with Crippen LogP contribution in [0.4, 0.5) is 4.79 Å². The van der Waals surface area contributed by atoms with Gasteiger partial charge in [-0.1, -0.05) is 24.4 Å². The van der Waals surface area contributed by atoms with Crippen LogP contribution < -0.4 is 5.73 Å². The van der Waals surface area contributed by atoms with Crippen LogP contribution in [0.25, 0.3) is 0 Å². The van der Waals surface area contributed by atoms with Crippen LogP contribution in [-0.2, 0) is 9.84 Å². The molecule has 2 rings (SSSR count). The van der Waals surface area contributed by atoms with Gasteiger partial charge in [-0.3, -0.25) is 0 Å². The number of nitrogens with two attached hydrogens (primary N) is 1. The smallest absolute Gasteiger partial charge is 0.319 e. The minimum Gasteiger partial charge on any atom is -0.389 e. The van der Waals surface area contributed by atoms with E-state index >= 15 is 0 Å². The molecule has 0 spiro atoms. The standard InChI is InChI=1S/C13H17N3O3S2/c1-15-6-7-16(13(15)17)8-9-21(18,19)11-4-2-10(3-5-11)12(14)20/h2-5H,6-9H2,1H3,(H2,14,20). The van der Waals surface area contributed by atoms with Crippen LogP contribution >= 0.6 is 12.2 Å². The van der Waals surface area contributed by atoms with Gasteiger partial charge in [-0.25, -0.2) is 13.2 Å². The van der Waals surface area contributed by atoms with Crippen LogP contribution in [0.2, 0.25) is 0 Å². The number of hydrogen-bond acceptors (Lipinski definition) is 4. The van der Waals surface area contributed by atoms with E-state index in [9.17, 15) is 13.2 Å². The molecular weight excluding hydrogens is 310 g/mol. The van der Waals surface area contributed by atoms with Gasteiger partial charge in [0.1, 0.15) is 4.99 Å². The molecule has 6 nitrogen and oxygen atoms in total. The minimum atomic E-state index is -3.43. The number of carbonyl (C=O) groups is 1. The Morgan fingerprint density at radius 2 is 1.90 bits per heavy atom. The molecule has 1 aliphatic rings. The number of nitrogens with zero attached hydrogens (tertiary/aromatic N) is 2. The predicted octanol–water partition coefficient (Wildman–Crippen LogP) is 0.462. The van der Waals surface area contributed by atoms with Crippen molar-refractivity contribution in [1.82, 2.24) is 9.80 Å². The molecule has 21 heavy (non-hydrogen) atoms. The number of hydrogen-bond donors (Lipinski definition) is 1. The molecule has 1 heterocycles. The Morgan fingerprint density at radius 3 is 2.38 bits per heavy atom. The van der Waals surface area contributed by atoms with Crippen molar-refractivity contribution in [2.24, 2.45) is 5.73 Å². The summed E-state index contributed by atoms with van der Waals surface area (Å²) in [6, 6.07) is 6.02. The third-order valence-electron chi connectivity index (χ3n) is 3.43. The monoisotopic (exact) mass is 327 g/mol. The molecule has 2 amide bonds. The zero-order valence-corrected chi connectivity index (χ0v) is 13.3. The Labute approximate surface area is 129 Å². The molecule has 0 radical (unpaired) electrons. The second kappa shape index (κ2) is 5.98. The summed E-state index contributed by atoms with van der Waals surface area (Å²) in [4.78, 5) is 15.3. The van der Waals surface area contributed by atoms with Gasteiger partial charge < -0.3 is 15.5 Å². The summed E-state index contributed by atoms with van der Waals surface area (Å²) in [5.74, 6) is -0.0982. The third kappa shape index (κ3) is 3.51. The van der Waals surface area contributed by atoms with Crippen molar-refractivity contribution in [1.29, 1.82) is 0 Å². The highest BCUT2D eigenvalue weighted by molar-refractivity contribution is 7.91. The van der Waals surface area contributed by atoms with E-state index in [4.69, 9.17) is 18.0 Å². The number of urea groups is 1. The molecule has 1 aromatic rings. The topological polar surface area (TPSA) is 83.7 Å². The molecule has 0 saturated carbocycles. The van der Waals surface area contributed by atoms with Gasteiger partial charge in [0.15, 0.2) is 9.84 Å². The first-order chi connectivity index (χ1) is 9.81. The molecule has 0 atom stereocenters. The average Bonchev–Trinajstić information content (AvgIpc) is 2.77. The minimum absolute atomic E-state index is 0.0982. The van der Waals surface area contributed by atoms with Crippen molar-refractivity contribution < 1.29 is 13.2 Å². The van der Waals surface area contributed by atoms with Gasteiger partial charge in [0.25, 0.3) is 0 Å². The van der Waals surface area contributed by atoms with E-state index in [1.54, 1.807) is 29.0 Å². The molecule has 1 fully saturated rings. The molecule has 0 aromatic heterocycles. The summed E-state index contributed by atoms with van der Waals surface area (Å²) in [5.41, 5.74) is 6.10. The molecule has 1 saturated heterocycles. The summed E-state index contributed by atoms with van der Waals surface area (Å²) < 4.78 is 24.5. The highest BCUT2D eigenvalue weighted by Crippen LogP contribution is 2.14. The molecule has 1 aliphatic heterocycles. The van der Waals surface area contributed by atoms with Crippen molar-refractivity contribution in [3.63, 3.8) is 0 Å². The lowest BCUT2D eigenvalue weighted by Crippen LogP contribution is -2.33. The van der Waals surface area contributed by atoms with Crippen LogP contribution in [0.3, 0.4) is 0 Å². The Hall–Kier alpha value is -1.67. The molecule has 8 heteroatoms.